The number of hydrogen-bond acceptors (Lipinski definition) is 5. The van der Waals surface area contributed by atoms with Crippen LogP contribution in [0.2, 0.25) is 0 Å². The Bertz CT molecular complexity index is 493. The fourth-order valence-electron chi connectivity index (χ4n) is 2.86. The van der Waals surface area contributed by atoms with Gasteiger partial charge in [0.2, 0.25) is 0 Å². The lowest BCUT2D eigenvalue weighted by Gasteiger charge is -2.43. The van der Waals surface area contributed by atoms with E-state index in [0.29, 0.717) is 13.1 Å². The summed E-state index contributed by atoms with van der Waals surface area (Å²) < 4.78 is 5.35. The minimum Gasteiger partial charge on any atom is -0.481 e. The van der Waals surface area contributed by atoms with Crippen LogP contribution in [0.3, 0.4) is 0 Å². The molecule has 114 valence electrons. The Morgan fingerprint density at radius 3 is 2.48 bits per heavy atom. The van der Waals surface area contributed by atoms with Crippen molar-refractivity contribution in [3.8, 4) is 0 Å². The maximum absolute atomic E-state index is 11.0. The number of rotatable bonds is 5. The van der Waals surface area contributed by atoms with Gasteiger partial charge in [-0.25, -0.2) is 0 Å². The number of nitrogens with one attached hydrogen (secondary N) is 2. The van der Waals surface area contributed by atoms with Crippen LogP contribution in [-0.2, 0) is 9.53 Å². The number of aliphatic carboxylic acids is 1. The van der Waals surface area contributed by atoms with E-state index in [9.17, 15) is 4.79 Å². The van der Waals surface area contributed by atoms with Crippen molar-refractivity contribution in [3.63, 3.8) is 0 Å². The fraction of sp³-hybridized carbons (Fsp3) is 0.533. The van der Waals surface area contributed by atoms with E-state index in [4.69, 9.17) is 9.84 Å². The summed E-state index contributed by atoms with van der Waals surface area (Å²) in [6, 6.07) is 8.20. The van der Waals surface area contributed by atoms with Gasteiger partial charge in [0.1, 0.15) is 0 Å². The second-order valence-electron chi connectivity index (χ2n) is 5.73. The molecular formula is C15H21N3O3. The number of carboxylic acids is 1. The first-order valence-corrected chi connectivity index (χ1v) is 7.30. The molecule has 0 atom stereocenters. The minimum absolute atomic E-state index is 0.130. The van der Waals surface area contributed by atoms with Crippen molar-refractivity contribution in [2.24, 2.45) is 0 Å². The molecule has 0 aromatic heterocycles. The van der Waals surface area contributed by atoms with E-state index in [2.05, 4.69) is 27.7 Å². The molecule has 3 N–H and O–H groups in total. The van der Waals surface area contributed by atoms with Crippen LogP contribution in [0.4, 0.5) is 11.4 Å². The number of nitrogens with zero attached hydrogens (tertiary/aromatic N) is 1. The molecule has 2 aliphatic heterocycles. The van der Waals surface area contributed by atoms with Gasteiger partial charge in [-0.15, -0.1) is 0 Å². The van der Waals surface area contributed by atoms with E-state index in [1.807, 2.05) is 12.1 Å². The molecule has 0 radical (unpaired) electrons. The molecule has 3 rings (SSSR count). The molecule has 0 unspecified atom stereocenters. The van der Waals surface area contributed by atoms with Gasteiger partial charge in [-0.1, -0.05) is 0 Å². The summed E-state index contributed by atoms with van der Waals surface area (Å²) in [7, 11) is 0. The van der Waals surface area contributed by atoms with Gasteiger partial charge < -0.3 is 25.4 Å². The smallest absolute Gasteiger partial charge is 0.305 e. The summed E-state index contributed by atoms with van der Waals surface area (Å²) >= 11 is 0. The van der Waals surface area contributed by atoms with Gasteiger partial charge in [-0.05, 0) is 24.3 Å². The van der Waals surface area contributed by atoms with Gasteiger partial charge >= 0.3 is 5.97 Å². The van der Waals surface area contributed by atoms with Gasteiger partial charge in [0.15, 0.2) is 0 Å². The first kappa shape index (κ1) is 14.2. The maximum Gasteiger partial charge on any atom is 0.305 e. The zero-order valence-electron chi connectivity index (χ0n) is 12.0. The average Bonchev–Trinajstić information content (AvgIpc) is 2.46. The summed E-state index contributed by atoms with van der Waals surface area (Å²) in [4.78, 5) is 13.3. The highest BCUT2D eigenvalue weighted by Gasteiger charge is 2.38. The fourth-order valence-corrected chi connectivity index (χ4v) is 2.86. The predicted molar refractivity (Wildman–Crippen MR) is 81.0 cm³/mol. The van der Waals surface area contributed by atoms with E-state index in [1.165, 1.54) is 5.69 Å². The number of morpholine rings is 1. The number of carboxylic acid groups (broad SMARTS) is 1. The van der Waals surface area contributed by atoms with Crippen molar-refractivity contribution >= 4 is 17.3 Å². The lowest BCUT2D eigenvalue weighted by Crippen LogP contribution is -2.65. The van der Waals surface area contributed by atoms with Gasteiger partial charge in [0.05, 0.1) is 25.2 Å². The molecule has 1 aromatic rings. The molecule has 2 heterocycles. The van der Waals surface area contributed by atoms with Gasteiger partial charge in [0, 0.05) is 37.6 Å². The Hall–Kier alpha value is -1.79. The van der Waals surface area contributed by atoms with Crippen LogP contribution in [0.25, 0.3) is 0 Å². The second-order valence-corrected chi connectivity index (χ2v) is 5.73. The lowest BCUT2D eigenvalue weighted by atomic mass is 9.88. The van der Waals surface area contributed by atoms with Crippen LogP contribution in [-0.4, -0.2) is 56.0 Å². The summed E-state index contributed by atoms with van der Waals surface area (Å²) in [5.74, 6) is -0.770. The van der Waals surface area contributed by atoms with Gasteiger partial charge in [-0.3, -0.25) is 4.79 Å². The highest BCUT2D eigenvalue weighted by Crippen LogP contribution is 2.25. The van der Waals surface area contributed by atoms with E-state index < -0.39 is 5.97 Å². The third kappa shape index (κ3) is 3.28. The predicted octanol–water partition coefficient (Wildman–Crippen LogP) is 0.752. The molecule has 2 aliphatic rings. The molecule has 2 fully saturated rings. The summed E-state index contributed by atoms with van der Waals surface area (Å²) in [5, 5.41) is 15.5. The van der Waals surface area contributed by atoms with Crippen LogP contribution in [0.1, 0.15) is 6.42 Å². The normalized spacial score (nSPS) is 20.7. The molecule has 0 bridgehead atoms. The highest BCUT2D eigenvalue weighted by molar-refractivity contribution is 5.70. The standard InChI is InChI=1S/C15H21N3O3/c19-14(20)9-15(10-16-11-15)17-12-1-3-13(4-2-12)18-5-7-21-8-6-18/h1-4,16-17H,5-11H2,(H,19,20). The Morgan fingerprint density at radius 1 is 1.29 bits per heavy atom. The van der Waals surface area contributed by atoms with Crippen molar-refractivity contribution in [1.29, 1.82) is 0 Å². The molecule has 6 heteroatoms. The summed E-state index contributed by atoms with van der Waals surface area (Å²) in [6.07, 6.45) is 0.130. The van der Waals surface area contributed by atoms with Crippen LogP contribution < -0.4 is 15.5 Å². The maximum atomic E-state index is 11.0. The zero-order valence-corrected chi connectivity index (χ0v) is 12.0. The van der Waals surface area contributed by atoms with Crippen molar-refractivity contribution in [2.45, 2.75) is 12.0 Å². The molecule has 0 aliphatic carbocycles. The third-order valence-electron chi connectivity index (χ3n) is 4.07. The number of benzene rings is 1. The Labute approximate surface area is 124 Å². The molecule has 0 amide bonds. The number of anilines is 2. The summed E-state index contributed by atoms with van der Waals surface area (Å²) in [5.41, 5.74) is 1.80. The Morgan fingerprint density at radius 2 is 1.95 bits per heavy atom. The third-order valence-corrected chi connectivity index (χ3v) is 4.07. The van der Waals surface area contributed by atoms with Crippen molar-refractivity contribution in [2.75, 3.05) is 49.6 Å². The van der Waals surface area contributed by atoms with E-state index >= 15 is 0 Å². The van der Waals surface area contributed by atoms with Gasteiger partial charge in [-0.2, -0.15) is 0 Å². The first-order valence-electron chi connectivity index (χ1n) is 7.30. The zero-order chi connectivity index (χ0) is 14.7. The molecular weight excluding hydrogens is 270 g/mol. The molecule has 0 saturated carbocycles. The monoisotopic (exact) mass is 291 g/mol. The topological polar surface area (TPSA) is 73.8 Å². The Balaban J connectivity index is 1.65. The van der Waals surface area contributed by atoms with Gasteiger partial charge in [0.25, 0.3) is 0 Å². The van der Waals surface area contributed by atoms with Crippen molar-refractivity contribution in [1.82, 2.24) is 5.32 Å². The van der Waals surface area contributed by atoms with Crippen molar-refractivity contribution < 1.29 is 14.6 Å². The molecule has 0 spiro atoms. The van der Waals surface area contributed by atoms with E-state index in [0.717, 1.165) is 32.0 Å². The van der Waals surface area contributed by atoms with Crippen LogP contribution in [0, 0.1) is 0 Å². The number of hydrogen-bond donors (Lipinski definition) is 3. The molecule has 21 heavy (non-hydrogen) atoms. The van der Waals surface area contributed by atoms with E-state index in [-0.39, 0.29) is 12.0 Å². The number of carbonyl (C=O) groups is 1. The minimum atomic E-state index is -0.770. The second kappa shape index (κ2) is 5.91. The SMILES string of the molecule is O=C(O)CC1(Nc2ccc(N3CCOCC3)cc2)CNC1. The van der Waals surface area contributed by atoms with Crippen LogP contribution in [0.15, 0.2) is 24.3 Å². The largest absolute Gasteiger partial charge is 0.481 e. The quantitative estimate of drug-likeness (QED) is 0.743. The molecule has 1 aromatic carbocycles. The van der Waals surface area contributed by atoms with Crippen LogP contribution in [0.5, 0.6) is 0 Å². The Kier molecular flexibility index (Phi) is 3.98. The summed E-state index contributed by atoms with van der Waals surface area (Å²) in [6.45, 7) is 4.75. The van der Waals surface area contributed by atoms with E-state index in [1.54, 1.807) is 0 Å². The lowest BCUT2D eigenvalue weighted by molar-refractivity contribution is -0.138. The highest BCUT2D eigenvalue weighted by atomic mass is 16.5. The number of ether oxygens (including phenoxy) is 1. The average molecular weight is 291 g/mol. The van der Waals surface area contributed by atoms with Crippen molar-refractivity contribution in [3.05, 3.63) is 24.3 Å². The van der Waals surface area contributed by atoms with Crippen LogP contribution >= 0.6 is 0 Å². The molecule has 2 saturated heterocycles. The molecule has 6 nitrogen and oxygen atoms in total. The first-order chi connectivity index (χ1) is 10.2.